The van der Waals surface area contributed by atoms with Crippen molar-refractivity contribution in [2.45, 2.75) is 19.3 Å². The van der Waals surface area contributed by atoms with Crippen LogP contribution in [0.2, 0.25) is 0 Å². The van der Waals surface area contributed by atoms with Gasteiger partial charge in [-0.05, 0) is 18.6 Å². The summed E-state index contributed by atoms with van der Waals surface area (Å²) in [5.74, 6) is -1.34. The summed E-state index contributed by atoms with van der Waals surface area (Å²) in [6, 6.07) is 7.16. The number of hydrogen-bond acceptors (Lipinski definition) is 7. The summed E-state index contributed by atoms with van der Waals surface area (Å²) in [6.07, 6.45) is 0.597. The molecule has 0 bridgehead atoms. The van der Waals surface area contributed by atoms with Crippen LogP contribution in [-0.4, -0.2) is 43.3 Å². The average molecular weight is 334 g/mol. The molecule has 1 heterocycles. The van der Waals surface area contributed by atoms with Crippen LogP contribution in [-0.2, 0) is 30.3 Å². The van der Waals surface area contributed by atoms with E-state index in [-0.39, 0.29) is 25.4 Å². The number of nitrogens with one attached hydrogen (secondary N) is 1. The summed E-state index contributed by atoms with van der Waals surface area (Å²) < 4.78 is 14.5. The number of ether oxygens (including phenoxy) is 2. The summed E-state index contributed by atoms with van der Waals surface area (Å²) in [7, 11) is 1.30. The molecule has 0 unspecified atom stereocenters. The second-order valence-corrected chi connectivity index (χ2v) is 4.99. The third-order valence-corrected chi connectivity index (χ3v) is 3.24. The van der Waals surface area contributed by atoms with Crippen LogP contribution in [0.5, 0.6) is 0 Å². The van der Waals surface area contributed by atoms with Crippen LogP contribution in [0.4, 0.5) is 0 Å². The molecule has 1 aromatic heterocycles. The van der Waals surface area contributed by atoms with E-state index in [1.807, 2.05) is 6.07 Å². The van der Waals surface area contributed by atoms with E-state index in [1.54, 1.807) is 18.2 Å². The maximum atomic E-state index is 11.8. The van der Waals surface area contributed by atoms with Crippen LogP contribution in [0, 0.1) is 0 Å². The van der Waals surface area contributed by atoms with Gasteiger partial charge in [0.2, 0.25) is 0 Å². The molecule has 1 amide bonds. The topological polar surface area (TPSA) is 108 Å². The van der Waals surface area contributed by atoms with Gasteiger partial charge in [-0.15, -0.1) is 0 Å². The zero-order valence-corrected chi connectivity index (χ0v) is 13.2. The minimum Gasteiger partial charge on any atom is -0.469 e. The number of carbonyl (C=O) groups is 3. The first kappa shape index (κ1) is 17.5. The fourth-order valence-electron chi connectivity index (χ4n) is 2.01. The Morgan fingerprint density at radius 2 is 2.00 bits per heavy atom. The lowest BCUT2D eigenvalue weighted by molar-refractivity contribution is -0.147. The largest absolute Gasteiger partial charge is 0.469 e. The molecule has 1 N–H and O–H groups in total. The number of para-hydroxylation sites is 1. The number of aromatic nitrogens is 1. The van der Waals surface area contributed by atoms with E-state index >= 15 is 0 Å². The lowest BCUT2D eigenvalue weighted by atomic mass is 10.2. The van der Waals surface area contributed by atoms with Crippen molar-refractivity contribution >= 4 is 28.8 Å². The summed E-state index contributed by atoms with van der Waals surface area (Å²) in [5.41, 5.74) is 1.05. The molecule has 0 aliphatic heterocycles. The molecule has 24 heavy (non-hydrogen) atoms. The molecule has 8 heteroatoms. The highest BCUT2D eigenvalue weighted by molar-refractivity contribution is 5.85. The summed E-state index contributed by atoms with van der Waals surface area (Å²) in [4.78, 5) is 34.2. The van der Waals surface area contributed by atoms with Crippen LogP contribution < -0.4 is 5.32 Å². The van der Waals surface area contributed by atoms with Crippen molar-refractivity contribution in [2.75, 3.05) is 20.3 Å². The maximum absolute atomic E-state index is 11.8. The van der Waals surface area contributed by atoms with E-state index in [0.29, 0.717) is 24.2 Å². The molecule has 0 saturated carbocycles. The van der Waals surface area contributed by atoms with Crippen molar-refractivity contribution in [1.29, 1.82) is 0 Å². The van der Waals surface area contributed by atoms with Crippen LogP contribution in [0.25, 0.3) is 11.0 Å². The predicted molar refractivity (Wildman–Crippen MR) is 82.9 cm³/mol. The van der Waals surface area contributed by atoms with Crippen molar-refractivity contribution in [3.8, 4) is 0 Å². The van der Waals surface area contributed by atoms with Gasteiger partial charge in [0.05, 0.1) is 13.5 Å². The Bertz CT molecular complexity index is 724. The number of methoxy groups -OCH3 is 1. The van der Waals surface area contributed by atoms with Gasteiger partial charge in [-0.3, -0.25) is 14.4 Å². The number of carbonyl (C=O) groups excluding carboxylic acids is 3. The molecule has 0 aliphatic rings. The van der Waals surface area contributed by atoms with Gasteiger partial charge >= 0.3 is 11.9 Å². The van der Waals surface area contributed by atoms with Gasteiger partial charge in [0.1, 0.15) is 5.69 Å². The minimum atomic E-state index is -0.571. The Balaban J connectivity index is 1.69. The van der Waals surface area contributed by atoms with Crippen molar-refractivity contribution in [1.82, 2.24) is 10.5 Å². The van der Waals surface area contributed by atoms with Gasteiger partial charge in [-0.2, -0.15) is 0 Å². The number of benzene rings is 1. The van der Waals surface area contributed by atoms with Gasteiger partial charge in [-0.1, -0.05) is 17.3 Å². The van der Waals surface area contributed by atoms with E-state index in [1.165, 1.54) is 7.11 Å². The van der Waals surface area contributed by atoms with Crippen LogP contribution in [0.15, 0.2) is 28.8 Å². The molecular weight excluding hydrogens is 316 g/mol. The first-order chi connectivity index (χ1) is 11.6. The van der Waals surface area contributed by atoms with E-state index in [4.69, 9.17) is 9.26 Å². The molecule has 8 nitrogen and oxygen atoms in total. The standard InChI is InChI=1S/C16H18N2O6/c1-22-15(20)7-4-8-17-14(19)10-23-16(21)9-12-11-5-2-3-6-13(11)24-18-12/h2-3,5-6H,4,7-10H2,1H3,(H,17,19). The predicted octanol–water partition coefficient (Wildman–Crippen LogP) is 0.983. The van der Waals surface area contributed by atoms with Gasteiger partial charge in [0.25, 0.3) is 5.91 Å². The lowest BCUT2D eigenvalue weighted by Crippen LogP contribution is -2.30. The molecule has 2 rings (SSSR count). The smallest absolute Gasteiger partial charge is 0.312 e. The fourth-order valence-corrected chi connectivity index (χ4v) is 2.01. The van der Waals surface area contributed by atoms with E-state index in [0.717, 1.165) is 5.39 Å². The Kier molecular flexibility index (Phi) is 6.30. The molecule has 128 valence electrons. The number of amides is 1. The number of fused-ring (bicyclic) bond motifs is 1. The van der Waals surface area contributed by atoms with Crippen molar-refractivity contribution < 1.29 is 28.4 Å². The Morgan fingerprint density at radius 1 is 1.21 bits per heavy atom. The second kappa shape index (κ2) is 8.66. The number of hydrogen-bond donors (Lipinski definition) is 1. The summed E-state index contributed by atoms with van der Waals surface area (Å²) in [5, 5.41) is 7.11. The minimum absolute atomic E-state index is 0.0768. The average Bonchev–Trinajstić information content (AvgIpc) is 2.99. The number of esters is 2. The third-order valence-electron chi connectivity index (χ3n) is 3.24. The molecule has 0 spiro atoms. The van der Waals surface area contributed by atoms with Gasteiger partial charge < -0.3 is 19.3 Å². The van der Waals surface area contributed by atoms with Crippen molar-refractivity contribution in [3.05, 3.63) is 30.0 Å². The second-order valence-electron chi connectivity index (χ2n) is 4.99. The first-order valence-electron chi connectivity index (χ1n) is 7.42. The number of rotatable bonds is 8. The number of nitrogens with zero attached hydrogens (tertiary/aromatic N) is 1. The SMILES string of the molecule is COC(=O)CCCNC(=O)COC(=O)Cc1noc2ccccc12. The van der Waals surface area contributed by atoms with Crippen molar-refractivity contribution in [3.63, 3.8) is 0 Å². The lowest BCUT2D eigenvalue weighted by Gasteiger charge is -2.05. The fraction of sp³-hybridized carbons (Fsp3) is 0.375. The Labute approximate surface area is 138 Å². The first-order valence-corrected chi connectivity index (χ1v) is 7.42. The molecular formula is C16H18N2O6. The normalized spacial score (nSPS) is 10.4. The van der Waals surface area contributed by atoms with Crippen LogP contribution >= 0.6 is 0 Å². The van der Waals surface area contributed by atoms with Crippen molar-refractivity contribution in [2.24, 2.45) is 0 Å². The summed E-state index contributed by atoms with van der Waals surface area (Å²) >= 11 is 0. The molecule has 1 aromatic carbocycles. The molecule has 0 fully saturated rings. The highest BCUT2D eigenvalue weighted by atomic mass is 16.5. The molecule has 0 radical (unpaired) electrons. The van der Waals surface area contributed by atoms with Crippen LogP contribution in [0.3, 0.4) is 0 Å². The van der Waals surface area contributed by atoms with Crippen LogP contribution in [0.1, 0.15) is 18.5 Å². The van der Waals surface area contributed by atoms with Gasteiger partial charge in [0, 0.05) is 18.4 Å². The van der Waals surface area contributed by atoms with E-state index < -0.39 is 11.9 Å². The highest BCUT2D eigenvalue weighted by Gasteiger charge is 2.14. The molecule has 0 aliphatic carbocycles. The van der Waals surface area contributed by atoms with Gasteiger partial charge in [-0.25, -0.2) is 0 Å². The van der Waals surface area contributed by atoms with E-state index in [2.05, 4.69) is 15.2 Å². The summed E-state index contributed by atoms with van der Waals surface area (Å²) in [6.45, 7) is -0.0771. The zero-order chi connectivity index (χ0) is 17.4. The van der Waals surface area contributed by atoms with E-state index in [9.17, 15) is 14.4 Å². The zero-order valence-electron chi connectivity index (χ0n) is 13.2. The molecule has 0 atom stereocenters. The Hall–Kier alpha value is -2.90. The Morgan fingerprint density at radius 3 is 2.79 bits per heavy atom. The molecule has 2 aromatic rings. The highest BCUT2D eigenvalue weighted by Crippen LogP contribution is 2.18. The third kappa shape index (κ3) is 5.08. The maximum Gasteiger partial charge on any atom is 0.312 e. The quantitative estimate of drug-likeness (QED) is 0.566. The molecule has 0 saturated heterocycles. The van der Waals surface area contributed by atoms with Gasteiger partial charge in [0.15, 0.2) is 12.2 Å². The monoisotopic (exact) mass is 334 g/mol.